The molecule has 160 valence electrons. The van der Waals surface area contributed by atoms with Gasteiger partial charge in [0.2, 0.25) is 14.9 Å². The molecule has 0 radical (unpaired) electrons. The van der Waals surface area contributed by atoms with Crippen molar-refractivity contribution in [1.82, 2.24) is 19.8 Å². The minimum absolute atomic E-state index is 0.103. The van der Waals surface area contributed by atoms with Crippen molar-refractivity contribution in [1.29, 1.82) is 0 Å². The minimum atomic E-state index is -3.94. The normalized spacial score (nSPS) is 11.8. The topological polar surface area (TPSA) is 89.2 Å². The first-order valence-electron chi connectivity index (χ1n) is 9.52. The summed E-state index contributed by atoms with van der Waals surface area (Å²) in [4.78, 5) is 4.72. The molecule has 5 rings (SSSR count). The molecule has 0 spiro atoms. The third kappa shape index (κ3) is 3.46. The number of aromatic nitrogens is 4. The molecule has 3 aromatic carbocycles. The van der Waals surface area contributed by atoms with E-state index in [1.807, 2.05) is 13.0 Å². The fraction of sp³-hybridized carbons (Fsp3) is 0.0455. The van der Waals surface area contributed by atoms with Crippen LogP contribution in [0, 0.1) is 6.92 Å². The first-order valence-corrected chi connectivity index (χ1v) is 11.8. The van der Waals surface area contributed by atoms with Crippen molar-refractivity contribution in [3.8, 4) is 0 Å². The highest BCUT2D eigenvalue weighted by Gasteiger charge is 2.27. The van der Waals surface area contributed by atoms with Crippen molar-refractivity contribution < 1.29 is 8.42 Å². The maximum atomic E-state index is 13.3. The zero-order valence-corrected chi connectivity index (χ0v) is 18.9. The van der Waals surface area contributed by atoms with E-state index in [1.165, 1.54) is 16.6 Å². The van der Waals surface area contributed by atoms with Crippen LogP contribution in [0.5, 0.6) is 0 Å². The van der Waals surface area contributed by atoms with Crippen LogP contribution in [-0.4, -0.2) is 28.2 Å². The lowest BCUT2D eigenvalue weighted by molar-refractivity contribution is 0.592. The monoisotopic (exact) mass is 483 g/mol. The quantitative estimate of drug-likeness (QED) is 0.364. The summed E-state index contributed by atoms with van der Waals surface area (Å²) in [6.07, 6.45) is 0. The molecule has 0 saturated carbocycles. The summed E-state index contributed by atoms with van der Waals surface area (Å²) in [7, 11) is -3.94. The average molecular weight is 484 g/mol. The van der Waals surface area contributed by atoms with Crippen LogP contribution in [0.2, 0.25) is 10.0 Å². The molecular formula is C22H15Cl2N5O2S. The molecule has 10 heteroatoms. The number of sulfone groups is 1. The van der Waals surface area contributed by atoms with E-state index in [1.54, 1.807) is 48.5 Å². The van der Waals surface area contributed by atoms with Crippen LogP contribution in [0.1, 0.15) is 5.56 Å². The molecule has 0 fully saturated rings. The summed E-state index contributed by atoms with van der Waals surface area (Å²) in [5.74, 6) is 0.409. The Kier molecular flexibility index (Phi) is 5.00. The van der Waals surface area contributed by atoms with Gasteiger partial charge in [0.1, 0.15) is 5.82 Å². The van der Waals surface area contributed by atoms with Gasteiger partial charge in [-0.2, -0.15) is 4.52 Å². The van der Waals surface area contributed by atoms with Crippen LogP contribution < -0.4 is 5.32 Å². The second-order valence-electron chi connectivity index (χ2n) is 7.15. The van der Waals surface area contributed by atoms with E-state index in [4.69, 9.17) is 23.2 Å². The second-order valence-corrected chi connectivity index (χ2v) is 9.89. The largest absolute Gasteiger partial charge is 0.339 e. The molecule has 2 aromatic heterocycles. The van der Waals surface area contributed by atoms with Crippen LogP contribution in [0.4, 0.5) is 11.5 Å². The smallest absolute Gasteiger partial charge is 0.229 e. The van der Waals surface area contributed by atoms with E-state index in [2.05, 4.69) is 20.6 Å². The zero-order valence-electron chi connectivity index (χ0n) is 16.6. The number of nitrogens with zero attached hydrogens (tertiary/aromatic N) is 4. The van der Waals surface area contributed by atoms with Crippen molar-refractivity contribution in [2.45, 2.75) is 16.8 Å². The Morgan fingerprint density at radius 3 is 2.44 bits per heavy atom. The van der Waals surface area contributed by atoms with Gasteiger partial charge in [-0.1, -0.05) is 52.7 Å². The SMILES string of the molecule is Cc1ccc(Cl)cc1Nc1nc2c(S(=O)(=O)c3ccccc3)nnn2c2ccc(Cl)cc12. The van der Waals surface area contributed by atoms with Gasteiger partial charge in [0.05, 0.1) is 10.4 Å². The fourth-order valence-corrected chi connectivity index (χ4v) is 5.01. The molecule has 7 nitrogen and oxygen atoms in total. The Bertz CT molecular complexity index is 1600. The third-order valence-electron chi connectivity index (χ3n) is 5.04. The Balaban J connectivity index is 1.78. The van der Waals surface area contributed by atoms with E-state index in [-0.39, 0.29) is 15.6 Å². The summed E-state index contributed by atoms with van der Waals surface area (Å²) >= 11 is 12.4. The van der Waals surface area contributed by atoms with E-state index in [0.29, 0.717) is 26.8 Å². The Morgan fingerprint density at radius 2 is 1.66 bits per heavy atom. The first kappa shape index (κ1) is 20.7. The van der Waals surface area contributed by atoms with E-state index < -0.39 is 9.84 Å². The molecule has 0 aliphatic carbocycles. The molecule has 0 atom stereocenters. The van der Waals surface area contributed by atoms with Crippen LogP contribution >= 0.6 is 23.2 Å². The fourth-order valence-electron chi connectivity index (χ4n) is 3.41. The number of benzene rings is 3. The number of halogens is 2. The van der Waals surface area contributed by atoms with Gasteiger partial charge in [-0.15, -0.1) is 5.10 Å². The van der Waals surface area contributed by atoms with E-state index in [9.17, 15) is 8.42 Å². The lowest BCUT2D eigenvalue weighted by Gasteiger charge is -2.13. The zero-order chi connectivity index (χ0) is 22.5. The van der Waals surface area contributed by atoms with Crippen molar-refractivity contribution in [3.63, 3.8) is 0 Å². The Morgan fingerprint density at radius 1 is 0.938 bits per heavy atom. The third-order valence-corrected chi connectivity index (χ3v) is 7.17. The molecule has 0 aliphatic heterocycles. The average Bonchev–Trinajstić information content (AvgIpc) is 3.21. The Labute approximate surface area is 193 Å². The predicted molar refractivity (Wildman–Crippen MR) is 125 cm³/mol. The van der Waals surface area contributed by atoms with Crippen molar-refractivity contribution in [2.24, 2.45) is 0 Å². The molecule has 5 aromatic rings. The number of nitrogens with one attached hydrogen (secondary N) is 1. The first-order chi connectivity index (χ1) is 15.3. The van der Waals surface area contributed by atoms with Crippen molar-refractivity contribution in [3.05, 3.63) is 82.3 Å². The maximum Gasteiger partial charge on any atom is 0.229 e. The molecule has 0 amide bonds. The lowest BCUT2D eigenvalue weighted by Crippen LogP contribution is -2.06. The molecule has 2 heterocycles. The maximum absolute atomic E-state index is 13.3. The molecular weight excluding hydrogens is 469 g/mol. The van der Waals surface area contributed by atoms with Gasteiger partial charge in [0.15, 0.2) is 5.65 Å². The molecule has 32 heavy (non-hydrogen) atoms. The van der Waals surface area contributed by atoms with Crippen molar-refractivity contribution in [2.75, 3.05) is 5.32 Å². The molecule has 1 N–H and O–H groups in total. The van der Waals surface area contributed by atoms with Gasteiger partial charge in [0.25, 0.3) is 0 Å². The van der Waals surface area contributed by atoms with Crippen LogP contribution in [-0.2, 0) is 9.84 Å². The highest BCUT2D eigenvalue weighted by Crippen LogP contribution is 2.32. The minimum Gasteiger partial charge on any atom is -0.339 e. The number of aryl methyl sites for hydroxylation is 1. The summed E-state index contributed by atoms with van der Waals surface area (Å²) in [5, 5.41) is 12.8. The molecule has 0 saturated heterocycles. The standard InChI is InChI=1S/C22H15Cl2N5O2S/c1-13-7-8-15(24)12-18(13)25-20-17-11-14(23)9-10-19(17)29-21(26-20)22(27-28-29)32(30,31)16-5-3-2-4-6-16/h2-12H,1H3,(H,25,26). The Hall–Kier alpha value is -3.20. The van der Waals surface area contributed by atoms with Gasteiger partial charge >= 0.3 is 0 Å². The predicted octanol–water partition coefficient (Wildman–Crippen LogP) is 5.47. The van der Waals surface area contributed by atoms with Gasteiger partial charge in [-0.05, 0) is 55.0 Å². The van der Waals surface area contributed by atoms with Crippen LogP contribution in [0.3, 0.4) is 0 Å². The summed E-state index contributed by atoms with van der Waals surface area (Å²) < 4.78 is 27.9. The molecule has 0 bridgehead atoms. The number of rotatable bonds is 4. The van der Waals surface area contributed by atoms with Crippen LogP contribution in [0.25, 0.3) is 16.6 Å². The number of anilines is 2. The number of fused-ring (bicyclic) bond motifs is 3. The lowest BCUT2D eigenvalue weighted by atomic mass is 10.2. The highest BCUT2D eigenvalue weighted by atomic mass is 35.5. The van der Waals surface area contributed by atoms with E-state index in [0.717, 1.165) is 11.3 Å². The summed E-state index contributed by atoms with van der Waals surface area (Å²) in [5.41, 5.74) is 2.38. The number of hydrogen-bond donors (Lipinski definition) is 1. The number of hydrogen-bond acceptors (Lipinski definition) is 6. The second kappa shape index (κ2) is 7.74. The molecule has 0 aliphatic rings. The molecule has 0 unspecified atom stereocenters. The van der Waals surface area contributed by atoms with Gasteiger partial charge < -0.3 is 5.32 Å². The summed E-state index contributed by atoms with van der Waals surface area (Å²) in [6, 6.07) is 18.7. The van der Waals surface area contributed by atoms with Gasteiger partial charge in [0, 0.05) is 21.1 Å². The van der Waals surface area contributed by atoms with Gasteiger partial charge in [-0.3, -0.25) is 0 Å². The summed E-state index contributed by atoms with van der Waals surface area (Å²) in [6.45, 7) is 1.93. The highest BCUT2D eigenvalue weighted by molar-refractivity contribution is 7.91. The van der Waals surface area contributed by atoms with Crippen molar-refractivity contribution >= 4 is 61.1 Å². The van der Waals surface area contributed by atoms with E-state index >= 15 is 0 Å². The van der Waals surface area contributed by atoms with Gasteiger partial charge in [-0.25, -0.2) is 13.4 Å². The van der Waals surface area contributed by atoms with Crippen LogP contribution in [0.15, 0.2) is 76.7 Å².